The van der Waals surface area contributed by atoms with Crippen LogP contribution in [0, 0.1) is 0 Å². The number of hydrogen-bond acceptors (Lipinski definition) is 4. The number of ether oxygens (including phenoxy) is 1. The van der Waals surface area contributed by atoms with Crippen LogP contribution in [0.3, 0.4) is 0 Å². The number of amides is 2. The van der Waals surface area contributed by atoms with Gasteiger partial charge >= 0.3 is 0 Å². The number of nitrogens with zero attached hydrogens (tertiary/aromatic N) is 2. The lowest BCUT2D eigenvalue weighted by Crippen LogP contribution is -2.52. The molecule has 1 aliphatic carbocycles. The monoisotopic (exact) mass is 405 g/mol. The number of methoxy groups -OCH3 is 1. The van der Waals surface area contributed by atoms with E-state index >= 15 is 0 Å². The number of nitrogens with two attached hydrogens (primary N) is 1. The molecule has 4 rings (SSSR count). The molecule has 1 fully saturated rings. The van der Waals surface area contributed by atoms with Gasteiger partial charge in [0.15, 0.2) is 0 Å². The summed E-state index contributed by atoms with van der Waals surface area (Å²) in [5.74, 6) is -0.107. The average molecular weight is 405 g/mol. The molecule has 1 spiro atoms. The third-order valence-electron chi connectivity index (χ3n) is 6.10. The van der Waals surface area contributed by atoms with E-state index < -0.39 is 17.6 Å². The van der Waals surface area contributed by atoms with Gasteiger partial charge in [0, 0.05) is 5.56 Å². The Morgan fingerprint density at radius 2 is 1.67 bits per heavy atom. The first-order chi connectivity index (χ1) is 14.6. The average Bonchev–Trinajstić information content (AvgIpc) is 2.91. The van der Waals surface area contributed by atoms with Crippen molar-refractivity contribution in [1.82, 2.24) is 4.90 Å². The van der Waals surface area contributed by atoms with Crippen LogP contribution in [0.4, 0.5) is 0 Å². The van der Waals surface area contributed by atoms with Crippen molar-refractivity contribution in [2.45, 2.75) is 50.2 Å². The van der Waals surface area contributed by atoms with Crippen molar-refractivity contribution in [3.05, 3.63) is 65.7 Å². The van der Waals surface area contributed by atoms with Crippen LogP contribution in [0.25, 0.3) is 0 Å². The van der Waals surface area contributed by atoms with Crippen molar-refractivity contribution in [2.24, 2.45) is 10.7 Å². The van der Waals surface area contributed by atoms with E-state index in [4.69, 9.17) is 15.5 Å². The summed E-state index contributed by atoms with van der Waals surface area (Å²) in [6.45, 7) is 0. The van der Waals surface area contributed by atoms with Crippen molar-refractivity contribution in [3.8, 4) is 5.75 Å². The lowest BCUT2D eigenvalue weighted by atomic mass is 9.94. The van der Waals surface area contributed by atoms with Gasteiger partial charge in [0.1, 0.15) is 23.2 Å². The molecule has 156 valence electrons. The maximum Gasteiger partial charge on any atom is 0.275 e. The Labute approximate surface area is 176 Å². The third-order valence-corrected chi connectivity index (χ3v) is 6.10. The van der Waals surface area contributed by atoms with Crippen LogP contribution in [0.1, 0.15) is 55.7 Å². The highest BCUT2D eigenvalue weighted by atomic mass is 16.5. The Hall–Kier alpha value is -3.15. The molecule has 1 saturated carbocycles. The van der Waals surface area contributed by atoms with Crippen LogP contribution in [0.5, 0.6) is 5.75 Å². The molecule has 6 nitrogen and oxygen atoms in total. The van der Waals surface area contributed by atoms with E-state index in [1.165, 1.54) is 0 Å². The molecule has 6 heteroatoms. The predicted molar refractivity (Wildman–Crippen MR) is 115 cm³/mol. The molecule has 2 N–H and O–H groups in total. The number of benzene rings is 2. The standard InChI is InChI=1S/C24H27N3O3/c1-30-19-13-11-18(12-14-19)21(22(25)28)27-23(29)20(17-9-5-4-6-10-17)26-24(27)15-7-2-3-8-16-24/h4-6,9-14,21H,2-3,7-8,15-16H2,1H3,(H2,25,28). The fourth-order valence-corrected chi connectivity index (χ4v) is 4.63. The van der Waals surface area contributed by atoms with Crippen molar-refractivity contribution in [1.29, 1.82) is 0 Å². The molecule has 2 amide bonds. The van der Waals surface area contributed by atoms with Gasteiger partial charge in [0.25, 0.3) is 5.91 Å². The zero-order valence-electron chi connectivity index (χ0n) is 17.2. The molecule has 30 heavy (non-hydrogen) atoms. The van der Waals surface area contributed by atoms with E-state index in [9.17, 15) is 9.59 Å². The molecule has 1 unspecified atom stereocenters. The van der Waals surface area contributed by atoms with Crippen molar-refractivity contribution < 1.29 is 14.3 Å². The fraction of sp³-hybridized carbons (Fsp3) is 0.375. The second kappa shape index (κ2) is 8.30. The first-order valence-electron chi connectivity index (χ1n) is 10.5. The van der Waals surface area contributed by atoms with E-state index in [1.807, 2.05) is 30.3 Å². The van der Waals surface area contributed by atoms with Gasteiger partial charge in [-0.05, 0) is 43.4 Å². The highest BCUT2D eigenvalue weighted by Gasteiger charge is 2.51. The molecule has 0 aromatic heterocycles. The third kappa shape index (κ3) is 3.58. The topological polar surface area (TPSA) is 85.0 Å². The smallest absolute Gasteiger partial charge is 0.275 e. The summed E-state index contributed by atoms with van der Waals surface area (Å²) >= 11 is 0. The van der Waals surface area contributed by atoms with Gasteiger partial charge in [0.2, 0.25) is 5.91 Å². The number of hydrogen-bond donors (Lipinski definition) is 1. The highest BCUT2D eigenvalue weighted by Crippen LogP contribution is 2.43. The molecule has 0 saturated heterocycles. The van der Waals surface area contributed by atoms with Crippen LogP contribution < -0.4 is 10.5 Å². The largest absolute Gasteiger partial charge is 0.497 e. The summed E-state index contributed by atoms with van der Waals surface area (Å²) in [5.41, 5.74) is 7.00. The summed E-state index contributed by atoms with van der Waals surface area (Å²) in [7, 11) is 1.59. The van der Waals surface area contributed by atoms with Crippen LogP contribution in [0.2, 0.25) is 0 Å². The fourth-order valence-electron chi connectivity index (χ4n) is 4.63. The van der Waals surface area contributed by atoms with Crippen molar-refractivity contribution in [2.75, 3.05) is 7.11 Å². The minimum atomic E-state index is -0.883. The molecule has 1 heterocycles. The molecule has 2 aliphatic rings. The number of primary amides is 1. The van der Waals surface area contributed by atoms with Gasteiger partial charge in [-0.1, -0.05) is 55.3 Å². The van der Waals surface area contributed by atoms with Gasteiger partial charge in [-0.15, -0.1) is 0 Å². The number of carbonyl (C=O) groups is 2. The number of carbonyl (C=O) groups excluding carboxylic acids is 2. The normalized spacial score (nSPS) is 19.3. The summed E-state index contributed by atoms with van der Waals surface area (Å²) in [5, 5.41) is 0. The van der Waals surface area contributed by atoms with Crippen molar-refractivity contribution in [3.63, 3.8) is 0 Å². The molecule has 0 radical (unpaired) electrons. The maximum absolute atomic E-state index is 13.7. The molecular formula is C24H27N3O3. The lowest BCUT2D eigenvalue weighted by molar-refractivity contribution is -0.140. The van der Waals surface area contributed by atoms with Gasteiger partial charge in [-0.3, -0.25) is 19.5 Å². The Balaban J connectivity index is 1.82. The molecule has 0 bridgehead atoms. The summed E-state index contributed by atoms with van der Waals surface area (Å²) in [6, 6.07) is 15.7. The minimum absolute atomic E-state index is 0.234. The molecule has 2 aromatic carbocycles. The SMILES string of the molecule is COc1ccc(C(C(N)=O)N2C(=O)C(c3ccccc3)=NC23CCCCCC3)cc1. The van der Waals surface area contributed by atoms with E-state index in [1.54, 1.807) is 36.3 Å². The second-order valence-corrected chi connectivity index (χ2v) is 7.98. The molecule has 1 aliphatic heterocycles. The van der Waals surface area contributed by atoms with Crippen LogP contribution in [-0.4, -0.2) is 35.2 Å². The first kappa shape index (κ1) is 20.1. The minimum Gasteiger partial charge on any atom is -0.497 e. The van der Waals surface area contributed by atoms with E-state index in [0.29, 0.717) is 17.0 Å². The Morgan fingerprint density at radius 1 is 1.03 bits per heavy atom. The predicted octanol–water partition coefficient (Wildman–Crippen LogP) is 3.60. The van der Waals surface area contributed by atoms with E-state index in [0.717, 1.165) is 44.1 Å². The van der Waals surface area contributed by atoms with Crippen LogP contribution >= 0.6 is 0 Å². The maximum atomic E-state index is 13.7. The first-order valence-corrected chi connectivity index (χ1v) is 10.5. The Kier molecular flexibility index (Phi) is 5.57. The van der Waals surface area contributed by atoms with Gasteiger partial charge < -0.3 is 10.5 Å². The Bertz CT molecular complexity index is 945. The zero-order chi connectivity index (χ0) is 21.1. The van der Waals surface area contributed by atoms with Crippen molar-refractivity contribution >= 4 is 17.5 Å². The number of rotatable bonds is 5. The van der Waals surface area contributed by atoms with E-state index in [2.05, 4.69) is 0 Å². The van der Waals surface area contributed by atoms with Crippen LogP contribution in [0.15, 0.2) is 59.6 Å². The molecule has 2 aromatic rings. The number of aliphatic imine (C=N–C) groups is 1. The molecule has 1 atom stereocenters. The van der Waals surface area contributed by atoms with E-state index in [-0.39, 0.29) is 5.91 Å². The quantitative estimate of drug-likeness (QED) is 0.825. The molecular weight excluding hydrogens is 378 g/mol. The Morgan fingerprint density at radius 3 is 2.23 bits per heavy atom. The summed E-state index contributed by atoms with van der Waals surface area (Å²) in [6.07, 6.45) is 5.59. The zero-order valence-corrected chi connectivity index (χ0v) is 17.2. The van der Waals surface area contributed by atoms with Crippen LogP contribution in [-0.2, 0) is 9.59 Å². The van der Waals surface area contributed by atoms with Gasteiger partial charge in [-0.25, -0.2) is 0 Å². The lowest BCUT2D eigenvalue weighted by Gasteiger charge is -2.40. The highest BCUT2D eigenvalue weighted by molar-refractivity contribution is 6.47. The summed E-state index contributed by atoms with van der Waals surface area (Å²) < 4.78 is 5.24. The van der Waals surface area contributed by atoms with Gasteiger partial charge in [0.05, 0.1) is 7.11 Å². The summed E-state index contributed by atoms with van der Waals surface area (Å²) in [4.78, 5) is 33.0. The second-order valence-electron chi connectivity index (χ2n) is 7.98. The van der Waals surface area contributed by atoms with Gasteiger partial charge in [-0.2, -0.15) is 0 Å².